The van der Waals surface area contributed by atoms with Crippen LogP contribution in [0, 0.1) is 12.8 Å². The molecule has 1 spiro atoms. The van der Waals surface area contributed by atoms with Gasteiger partial charge in [-0.2, -0.15) is 0 Å². The number of anilines is 2. The van der Waals surface area contributed by atoms with Crippen LogP contribution in [0.25, 0.3) is 5.57 Å². The van der Waals surface area contributed by atoms with Gasteiger partial charge in [0.1, 0.15) is 11.5 Å². The average Bonchev–Trinajstić information content (AvgIpc) is 3.79. The number of para-hydroxylation sites is 1. The number of allylic oxidation sites excluding steroid dienone is 1. The van der Waals surface area contributed by atoms with Crippen molar-refractivity contribution in [2.75, 3.05) is 17.0 Å². The molecule has 0 aliphatic carbocycles. The summed E-state index contributed by atoms with van der Waals surface area (Å²) < 4.78 is 11.1. The van der Waals surface area contributed by atoms with Gasteiger partial charge in [0.05, 0.1) is 16.8 Å². The molecule has 5 heterocycles. The van der Waals surface area contributed by atoms with Gasteiger partial charge in [-0.25, -0.2) is 0 Å². The first kappa shape index (κ1) is 25.1. The third-order valence-electron chi connectivity index (χ3n) is 9.10. The lowest BCUT2D eigenvalue weighted by Crippen LogP contribution is -2.51. The summed E-state index contributed by atoms with van der Waals surface area (Å²) >= 11 is 1.34. The number of carbonyl (C=O) groups excluding carboxylic acids is 3. The number of rotatable bonds is 4. The van der Waals surface area contributed by atoms with E-state index < -0.39 is 23.4 Å². The zero-order chi connectivity index (χ0) is 28.7. The minimum absolute atomic E-state index is 0.0751. The van der Waals surface area contributed by atoms with Crippen molar-refractivity contribution in [1.29, 1.82) is 0 Å². The van der Waals surface area contributed by atoms with Crippen molar-refractivity contribution < 1.29 is 23.9 Å². The van der Waals surface area contributed by atoms with Crippen molar-refractivity contribution in [1.82, 2.24) is 0 Å². The smallest absolute Gasteiger partial charge is 0.238 e. The molecule has 1 amide bonds. The zero-order valence-corrected chi connectivity index (χ0v) is 23.7. The molecule has 0 bridgehead atoms. The number of nitrogens with zero attached hydrogens (tertiary/aromatic N) is 1. The van der Waals surface area contributed by atoms with Crippen LogP contribution in [0.3, 0.4) is 0 Å². The minimum Gasteiger partial charge on any atom is -0.454 e. The Labute approximate surface area is 246 Å². The summed E-state index contributed by atoms with van der Waals surface area (Å²) in [6.07, 6.45) is 2.07. The molecule has 8 rings (SSSR count). The molecule has 42 heavy (non-hydrogen) atoms. The number of ether oxygens (including phenoxy) is 2. The number of ketones is 2. The van der Waals surface area contributed by atoms with Crippen LogP contribution in [0.15, 0.2) is 84.3 Å². The summed E-state index contributed by atoms with van der Waals surface area (Å²) in [5.41, 5.74) is 4.34. The number of benzene rings is 3. The second-order valence-electron chi connectivity index (χ2n) is 11.3. The molecule has 1 N–H and O–H groups in total. The lowest BCUT2D eigenvalue weighted by molar-refractivity contribution is -0.121. The standard InChI is InChI=1S/C34H26N2O5S/c1-18-9-11-24-21(14-18)19(2)15-28-34(22-6-3-4-7-23(22)35-33(34)39)29(30(36(24)28)32(38)27-8-5-13-42-27)31(37)20-10-12-25-26(16-20)41-17-40-25/h3-16,28-30H,17H2,1-2H3,(H,35,39)/t28-,29+,30-,34+/m0/s1. The predicted octanol–water partition coefficient (Wildman–Crippen LogP) is 6.03. The summed E-state index contributed by atoms with van der Waals surface area (Å²) in [6.45, 7) is 4.14. The van der Waals surface area contributed by atoms with E-state index >= 15 is 0 Å². The molecule has 4 aromatic rings. The molecular weight excluding hydrogens is 548 g/mol. The third kappa shape index (κ3) is 3.24. The van der Waals surface area contributed by atoms with Gasteiger partial charge in [0.25, 0.3) is 0 Å². The third-order valence-corrected chi connectivity index (χ3v) is 9.99. The van der Waals surface area contributed by atoms with Crippen molar-refractivity contribution in [3.63, 3.8) is 0 Å². The van der Waals surface area contributed by atoms with E-state index in [9.17, 15) is 14.4 Å². The molecule has 1 saturated heterocycles. The van der Waals surface area contributed by atoms with E-state index in [4.69, 9.17) is 9.47 Å². The molecule has 7 nitrogen and oxygen atoms in total. The summed E-state index contributed by atoms with van der Waals surface area (Å²) in [6, 6.07) is 20.9. The largest absolute Gasteiger partial charge is 0.454 e. The Balaban J connectivity index is 1.43. The molecule has 0 saturated carbocycles. The SMILES string of the molecule is CC1=C[C@@H]2N(c3ccc(C)cc31)[C@H](C(=O)c1cccs1)[C@H](C(=O)c1ccc3c(c1)OCO3)[C@]21C(=O)Nc2ccccc21. The van der Waals surface area contributed by atoms with Gasteiger partial charge in [-0.1, -0.05) is 42.0 Å². The molecule has 0 radical (unpaired) electrons. The summed E-state index contributed by atoms with van der Waals surface area (Å²) in [7, 11) is 0. The van der Waals surface area contributed by atoms with E-state index in [1.807, 2.05) is 66.6 Å². The van der Waals surface area contributed by atoms with E-state index in [0.717, 1.165) is 28.0 Å². The van der Waals surface area contributed by atoms with Gasteiger partial charge in [0.2, 0.25) is 12.7 Å². The first-order valence-corrected chi connectivity index (χ1v) is 14.8. The van der Waals surface area contributed by atoms with Gasteiger partial charge in [-0.3, -0.25) is 14.4 Å². The maximum absolute atomic E-state index is 15.0. The highest BCUT2D eigenvalue weighted by molar-refractivity contribution is 7.12. The Bertz CT molecular complexity index is 1860. The van der Waals surface area contributed by atoms with Crippen LogP contribution >= 0.6 is 11.3 Å². The number of nitrogens with one attached hydrogen (secondary N) is 1. The quantitative estimate of drug-likeness (QED) is 0.300. The Hall–Kier alpha value is -4.69. The average molecular weight is 575 g/mol. The highest BCUT2D eigenvalue weighted by atomic mass is 32.1. The fourth-order valence-corrected chi connectivity index (χ4v) is 8.04. The number of Topliss-reactive ketones (excluding diaryl/α,β-unsaturated/α-hetero) is 2. The number of fused-ring (bicyclic) bond motifs is 7. The van der Waals surface area contributed by atoms with Crippen LogP contribution in [0.4, 0.5) is 11.4 Å². The lowest BCUT2D eigenvalue weighted by atomic mass is 9.64. The second kappa shape index (κ2) is 8.90. The molecule has 8 heteroatoms. The van der Waals surface area contributed by atoms with Crippen LogP contribution in [0.1, 0.15) is 43.6 Å². The van der Waals surface area contributed by atoms with Crippen LogP contribution in [-0.4, -0.2) is 36.4 Å². The highest BCUT2D eigenvalue weighted by Crippen LogP contribution is 2.59. The minimum atomic E-state index is -1.36. The van der Waals surface area contributed by atoms with E-state index in [-0.39, 0.29) is 24.3 Å². The van der Waals surface area contributed by atoms with Gasteiger partial charge in [-0.15, -0.1) is 11.3 Å². The summed E-state index contributed by atoms with van der Waals surface area (Å²) in [5.74, 6) is -0.745. The number of amides is 1. The molecule has 4 aliphatic heterocycles. The molecule has 4 atom stereocenters. The summed E-state index contributed by atoms with van der Waals surface area (Å²) in [4.78, 5) is 46.7. The molecule has 1 aromatic heterocycles. The van der Waals surface area contributed by atoms with Gasteiger partial charge in [0.15, 0.2) is 23.1 Å². The van der Waals surface area contributed by atoms with Crippen LogP contribution in [-0.2, 0) is 10.2 Å². The predicted molar refractivity (Wildman–Crippen MR) is 161 cm³/mol. The molecule has 4 aliphatic rings. The van der Waals surface area contributed by atoms with E-state index in [2.05, 4.69) is 17.5 Å². The highest BCUT2D eigenvalue weighted by Gasteiger charge is 2.70. The molecule has 0 unspecified atom stereocenters. The van der Waals surface area contributed by atoms with Crippen LogP contribution < -0.4 is 19.7 Å². The monoisotopic (exact) mass is 574 g/mol. The fourth-order valence-electron chi connectivity index (χ4n) is 7.34. The summed E-state index contributed by atoms with van der Waals surface area (Å²) in [5, 5.41) is 4.94. The van der Waals surface area contributed by atoms with Gasteiger partial charge in [-0.05, 0) is 72.8 Å². The number of hydrogen-bond acceptors (Lipinski definition) is 7. The topological polar surface area (TPSA) is 84.9 Å². The molecule has 3 aromatic carbocycles. The second-order valence-corrected chi connectivity index (χ2v) is 12.2. The number of hydrogen-bond donors (Lipinski definition) is 1. The molecule has 208 valence electrons. The van der Waals surface area contributed by atoms with Crippen molar-refractivity contribution in [3.8, 4) is 11.5 Å². The zero-order valence-electron chi connectivity index (χ0n) is 22.9. The first-order chi connectivity index (χ1) is 20.4. The number of carbonyl (C=O) groups is 3. The van der Waals surface area contributed by atoms with Crippen molar-refractivity contribution in [2.45, 2.75) is 31.3 Å². The molecule has 1 fully saturated rings. The maximum Gasteiger partial charge on any atom is 0.238 e. The van der Waals surface area contributed by atoms with Crippen molar-refractivity contribution >= 4 is 45.8 Å². The van der Waals surface area contributed by atoms with E-state index in [1.54, 1.807) is 24.3 Å². The van der Waals surface area contributed by atoms with E-state index in [0.29, 0.717) is 27.6 Å². The van der Waals surface area contributed by atoms with E-state index in [1.165, 1.54) is 11.3 Å². The molecular formula is C34H26N2O5S. The Morgan fingerprint density at radius 2 is 1.79 bits per heavy atom. The Morgan fingerprint density at radius 1 is 0.952 bits per heavy atom. The fraction of sp³-hybridized carbons (Fsp3) is 0.206. The lowest BCUT2D eigenvalue weighted by Gasteiger charge is -2.39. The van der Waals surface area contributed by atoms with Gasteiger partial charge < -0.3 is 19.7 Å². The van der Waals surface area contributed by atoms with Gasteiger partial charge in [0, 0.05) is 22.5 Å². The maximum atomic E-state index is 15.0. The Kier molecular flexibility index (Phi) is 5.31. The Morgan fingerprint density at radius 3 is 2.62 bits per heavy atom. The van der Waals surface area contributed by atoms with Gasteiger partial charge >= 0.3 is 0 Å². The van der Waals surface area contributed by atoms with Crippen LogP contribution in [0.5, 0.6) is 11.5 Å². The van der Waals surface area contributed by atoms with Crippen molar-refractivity contribution in [2.24, 2.45) is 5.92 Å². The normalized spacial score (nSPS) is 24.6. The number of thiophene rings is 1. The van der Waals surface area contributed by atoms with Crippen LogP contribution in [0.2, 0.25) is 0 Å². The number of aryl methyl sites for hydroxylation is 1. The van der Waals surface area contributed by atoms with Crippen molar-refractivity contribution in [3.05, 3.63) is 111 Å². The first-order valence-electron chi connectivity index (χ1n) is 13.9.